The van der Waals surface area contributed by atoms with Gasteiger partial charge in [-0.2, -0.15) is 0 Å². The number of carbonyl (C=O) groups is 3. The van der Waals surface area contributed by atoms with Crippen molar-refractivity contribution in [2.45, 2.75) is 297 Å². The topological polar surface area (TPSA) is 78.9 Å². The van der Waals surface area contributed by atoms with E-state index < -0.39 is 6.10 Å². The van der Waals surface area contributed by atoms with Gasteiger partial charge in [-0.1, -0.05) is 252 Å². The average Bonchev–Trinajstić information content (AvgIpc) is 3.21. The number of rotatable bonds is 47. The van der Waals surface area contributed by atoms with Gasteiger partial charge in [0.1, 0.15) is 13.2 Å². The Hall–Kier alpha value is -1.59. The van der Waals surface area contributed by atoms with Crippen molar-refractivity contribution in [2.24, 2.45) is 0 Å². The Balaban J connectivity index is 4.13. The van der Waals surface area contributed by atoms with Crippen molar-refractivity contribution in [3.8, 4) is 0 Å². The highest BCUT2D eigenvalue weighted by atomic mass is 16.6. The maximum Gasteiger partial charge on any atom is 0.306 e. The van der Waals surface area contributed by atoms with Crippen LogP contribution in [0.2, 0.25) is 0 Å². The molecule has 1 atom stereocenters. The monoisotopic (exact) mass is 807 g/mol. The first-order valence-electron chi connectivity index (χ1n) is 25.5. The summed E-state index contributed by atoms with van der Waals surface area (Å²) in [5, 5.41) is 0. The Labute approximate surface area is 355 Å². The van der Waals surface area contributed by atoms with E-state index in [1.54, 1.807) is 0 Å². The third-order valence-electron chi connectivity index (χ3n) is 11.6. The van der Waals surface area contributed by atoms with Gasteiger partial charge in [0.15, 0.2) is 6.10 Å². The molecule has 0 aliphatic rings. The van der Waals surface area contributed by atoms with Crippen LogP contribution >= 0.6 is 0 Å². The fourth-order valence-corrected chi connectivity index (χ4v) is 7.74. The molecule has 0 fully saturated rings. The fraction of sp³-hybridized carbons (Fsp3) is 0.941. The molecule has 0 amide bonds. The van der Waals surface area contributed by atoms with Gasteiger partial charge in [0.25, 0.3) is 0 Å². The molecule has 0 spiro atoms. The molecule has 0 saturated heterocycles. The summed E-state index contributed by atoms with van der Waals surface area (Å²) in [7, 11) is 0. The van der Waals surface area contributed by atoms with Crippen molar-refractivity contribution in [1.82, 2.24) is 0 Å². The lowest BCUT2D eigenvalue weighted by molar-refractivity contribution is -0.167. The highest BCUT2D eigenvalue weighted by Gasteiger charge is 2.19. The number of unbranched alkanes of at least 4 members (excludes halogenated alkanes) is 36. The molecule has 0 heterocycles. The lowest BCUT2D eigenvalue weighted by Gasteiger charge is -2.18. The van der Waals surface area contributed by atoms with Gasteiger partial charge in [-0.25, -0.2) is 0 Å². The van der Waals surface area contributed by atoms with E-state index in [4.69, 9.17) is 14.2 Å². The maximum atomic E-state index is 12.6. The molecular weight excluding hydrogens is 709 g/mol. The highest BCUT2D eigenvalue weighted by Crippen LogP contribution is 2.17. The van der Waals surface area contributed by atoms with Crippen LogP contribution in [0.3, 0.4) is 0 Å². The molecule has 0 aromatic heterocycles. The predicted octanol–water partition coefficient (Wildman–Crippen LogP) is 16.4. The molecular formula is C51H98O6. The van der Waals surface area contributed by atoms with Crippen molar-refractivity contribution >= 4 is 17.9 Å². The molecule has 0 aliphatic heterocycles. The zero-order chi connectivity index (χ0) is 41.5. The molecule has 6 heteroatoms. The molecule has 0 unspecified atom stereocenters. The first-order chi connectivity index (χ1) is 28.0. The number of hydrogen-bond donors (Lipinski definition) is 0. The van der Waals surface area contributed by atoms with E-state index >= 15 is 0 Å². The molecule has 0 aromatic rings. The van der Waals surface area contributed by atoms with E-state index in [1.165, 1.54) is 193 Å². The van der Waals surface area contributed by atoms with Crippen molar-refractivity contribution in [3.05, 3.63) is 0 Å². The van der Waals surface area contributed by atoms with Crippen molar-refractivity contribution < 1.29 is 28.6 Å². The van der Waals surface area contributed by atoms with Gasteiger partial charge < -0.3 is 14.2 Å². The summed E-state index contributed by atoms with van der Waals surface area (Å²) in [5.41, 5.74) is 0. The first kappa shape index (κ1) is 55.4. The Bertz CT molecular complexity index is 844. The van der Waals surface area contributed by atoms with Crippen molar-refractivity contribution in [3.63, 3.8) is 0 Å². The summed E-state index contributed by atoms with van der Waals surface area (Å²) in [6, 6.07) is 0. The van der Waals surface area contributed by atoms with Crippen LogP contribution in [-0.2, 0) is 28.6 Å². The third-order valence-corrected chi connectivity index (χ3v) is 11.6. The summed E-state index contributed by atoms with van der Waals surface area (Å²) >= 11 is 0. The van der Waals surface area contributed by atoms with Gasteiger partial charge in [-0.3, -0.25) is 14.4 Å². The predicted molar refractivity (Wildman–Crippen MR) is 243 cm³/mol. The van der Waals surface area contributed by atoms with Gasteiger partial charge in [0.05, 0.1) is 0 Å². The minimum absolute atomic E-state index is 0.0628. The number of esters is 3. The largest absolute Gasteiger partial charge is 0.462 e. The average molecular weight is 807 g/mol. The van der Waals surface area contributed by atoms with Crippen LogP contribution in [-0.4, -0.2) is 37.2 Å². The van der Waals surface area contributed by atoms with Crippen molar-refractivity contribution in [1.29, 1.82) is 0 Å². The quantitative estimate of drug-likeness (QED) is 0.0346. The standard InChI is InChI=1S/C51H98O6/c1-4-7-10-13-16-18-20-22-23-24-25-26-27-29-31-33-36-38-41-44-50(53)56-47-48(57-51(54)45-42-39-34-15-12-9-6-3)46-55-49(52)43-40-37-35-32-30-28-21-19-17-14-11-8-5-2/h48H,4-47H2,1-3H3/t48-/m1/s1. The van der Waals surface area contributed by atoms with Crippen LogP contribution < -0.4 is 0 Å². The summed E-state index contributed by atoms with van der Waals surface area (Å²) in [6.07, 6.45) is 49.6. The fourth-order valence-electron chi connectivity index (χ4n) is 7.74. The van der Waals surface area contributed by atoms with Crippen LogP contribution in [0.5, 0.6) is 0 Å². The second-order valence-corrected chi connectivity index (χ2v) is 17.5. The third kappa shape index (κ3) is 45.3. The van der Waals surface area contributed by atoms with E-state index in [-0.39, 0.29) is 31.1 Å². The second kappa shape index (κ2) is 47.1. The van der Waals surface area contributed by atoms with E-state index in [0.717, 1.165) is 57.8 Å². The van der Waals surface area contributed by atoms with E-state index in [1.807, 2.05) is 0 Å². The second-order valence-electron chi connectivity index (χ2n) is 17.5. The lowest BCUT2D eigenvalue weighted by atomic mass is 10.0. The molecule has 0 aliphatic carbocycles. The molecule has 0 aromatic carbocycles. The minimum atomic E-state index is -0.758. The van der Waals surface area contributed by atoms with Gasteiger partial charge in [-0.05, 0) is 19.3 Å². The Morgan fingerprint density at radius 3 is 0.702 bits per heavy atom. The van der Waals surface area contributed by atoms with Crippen LogP contribution in [0.1, 0.15) is 290 Å². The van der Waals surface area contributed by atoms with E-state index in [2.05, 4.69) is 20.8 Å². The molecule has 0 saturated carbocycles. The van der Waals surface area contributed by atoms with Crippen LogP contribution in [0.25, 0.3) is 0 Å². The SMILES string of the molecule is CCCCCCCCCCCCCCCCCCCCCC(=O)OC[C@@H](COC(=O)CCCCCCCCCCCCCCC)OC(=O)CCCCCCCCC. The molecule has 57 heavy (non-hydrogen) atoms. The van der Waals surface area contributed by atoms with E-state index in [9.17, 15) is 14.4 Å². The molecule has 0 N–H and O–H groups in total. The molecule has 0 rings (SSSR count). The van der Waals surface area contributed by atoms with Crippen molar-refractivity contribution in [2.75, 3.05) is 13.2 Å². The minimum Gasteiger partial charge on any atom is -0.462 e. The lowest BCUT2D eigenvalue weighted by Crippen LogP contribution is -2.30. The molecule has 0 bridgehead atoms. The zero-order valence-electron chi connectivity index (χ0n) is 38.6. The summed E-state index contributed by atoms with van der Waals surface area (Å²) in [6.45, 7) is 6.64. The zero-order valence-corrected chi connectivity index (χ0v) is 38.6. The van der Waals surface area contributed by atoms with Gasteiger partial charge in [0.2, 0.25) is 0 Å². The number of ether oxygens (including phenoxy) is 3. The maximum absolute atomic E-state index is 12.6. The van der Waals surface area contributed by atoms with Crippen LogP contribution in [0, 0.1) is 0 Å². The first-order valence-corrected chi connectivity index (χ1v) is 25.5. The highest BCUT2D eigenvalue weighted by molar-refractivity contribution is 5.71. The number of carbonyl (C=O) groups excluding carboxylic acids is 3. The molecule has 6 nitrogen and oxygen atoms in total. The molecule has 338 valence electrons. The number of hydrogen-bond acceptors (Lipinski definition) is 6. The van der Waals surface area contributed by atoms with Crippen LogP contribution in [0.15, 0.2) is 0 Å². The smallest absolute Gasteiger partial charge is 0.306 e. The van der Waals surface area contributed by atoms with Gasteiger partial charge in [0, 0.05) is 19.3 Å². The van der Waals surface area contributed by atoms with Gasteiger partial charge >= 0.3 is 17.9 Å². The Morgan fingerprint density at radius 2 is 0.474 bits per heavy atom. The molecule has 0 radical (unpaired) electrons. The normalized spacial score (nSPS) is 11.8. The summed E-state index contributed by atoms with van der Waals surface area (Å²) in [4.78, 5) is 37.7. The summed E-state index contributed by atoms with van der Waals surface area (Å²) < 4.78 is 16.7. The van der Waals surface area contributed by atoms with Gasteiger partial charge in [-0.15, -0.1) is 0 Å². The Kier molecular flexibility index (Phi) is 45.8. The Morgan fingerprint density at radius 1 is 0.281 bits per heavy atom. The van der Waals surface area contributed by atoms with E-state index in [0.29, 0.717) is 19.3 Å². The van der Waals surface area contributed by atoms with Crippen LogP contribution in [0.4, 0.5) is 0 Å². The summed E-state index contributed by atoms with van der Waals surface area (Å²) in [5.74, 6) is -0.851.